The van der Waals surface area contributed by atoms with Gasteiger partial charge in [0.25, 0.3) is 0 Å². The second-order valence-electron chi connectivity index (χ2n) is 6.86. The zero-order chi connectivity index (χ0) is 21.4. The van der Waals surface area contributed by atoms with Crippen LogP contribution in [0.1, 0.15) is 64.7 Å². The highest BCUT2D eigenvalue weighted by atomic mass is 32.2. The lowest BCUT2D eigenvalue weighted by Crippen LogP contribution is -2.35. The van der Waals surface area contributed by atoms with Gasteiger partial charge in [-0.1, -0.05) is 45.4 Å². The Bertz CT molecular complexity index is 497. The van der Waals surface area contributed by atoms with Crippen molar-refractivity contribution in [2.45, 2.75) is 76.9 Å². The maximum Gasteiger partial charge on any atom is 0.347 e. The molecule has 166 valence electrons. The number of aliphatic hydroxyl groups is 1. The smallest absolute Gasteiger partial charge is 0.347 e. The highest BCUT2D eigenvalue weighted by molar-refractivity contribution is 7.84. The molecule has 0 aromatic heterocycles. The van der Waals surface area contributed by atoms with E-state index in [1.165, 1.54) is 38.2 Å². The molecule has 0 rings (SSSR count). The minimum Gasteiger partial charge on any atom is -0.463 e. The molecule has 9 heteroatoms. The Morgan fingerprint density at radius 1 is 0.857 bits per heavy atom. The highest BCUT2D eigenvalue weighted by Gasteiger charge is 2.28. The Labute approximate surface area is 173 Å². The lowest BCUT2D eigenvalue weighted by Gasteiger charge is -2.18. The van der Waals surface area contributed by atoms with Crippen LogP contribution in [0.4, 0.5) is 0 Å². The van der Waals surface area contributed by atoms with E-state index in [4.69, 9.17) is 9.47 Å². The van der Waals surface area contributed by atoms with Gasteiger partial charge in [0.05, 0.1) is 6.61 Å². The summed E-state index contributed by atoms with van der Waals surface area (Å²) in [7, 11) is -2.30. The van der Waals surface area contributed by atoms with Gasteiger partial charge in [-0.2, -0.15) is 0 Å². The molecule has 7 nitrogen and oxygen atoms in total. The number of esters is 2. The summed E-state index contributed by atoms with van der Waals surface area (Å²) in [4.78, 5) is 24.2. The Morgan fingerprint density at radius 2 is 1.39 bits per heavy atom. The molecular formula is C19H36O7S2. The van der Waals surface area contributed by atoms with Crippen LogP contribution >= 0.6 is 0 Å². The lowest BCUT2D eigenvalue weighted by molar-refractivity contribution is -0.173. The summed E-state index contributed by atoms with van der Waals surface area (Å²) in [5, 5.41) is 9.79. The topological polar surface area (TPSA) is 107 Å². The quantitative estimate of drug-likeness (QED) is 0.273. The van der Waals surface area contributed by atoms with Crippen LogP contribution in [0, 0.1) is 0 Å². The monoisotopic (exact) mass is 440 g/mol. The zero-order valence-electron chi connectivity index (χ0n) is 17.4. The molecule has 1 N–H and O–H groups in total. The molecule has 0 aliphatic carbocycles. The molecule has 0 aliphatic rings. The summed E-state index contributed by atoms with van der Waals surface area (Å²) < 4.78 is 32.7. The molecule has 0 fully saturated rings. The van der Waals surface area contributed by atoms with E-state index in [0.717, 1.165) is 19.3 Å². The van der Waals surface area contributed by atoms with Crippen molar-refractivity contribution in [3.05, 3.63) is 0 Å². The Balaban J connectivity index is 4.36. The third-order valence-electron chi connectivity index (χ3n) is 4.13. The van der Waals surface area contributed by atoms with Gasteiger partial charge in [0.1, 0.15) is 0 Å². The van der Waals surface area contributed by atoms with Crippen molar-refractivity contribution in [3.63, 3.8) is 0 Å². The minimum atomic E-state index is -1.45. The van der Waals surface area contributed by atoms with Crippen molar-refractivity contribution >= 4 is 33.5 Å². The Hall–Kier alpha value is -0.800. The summed E-state index contributed by atoms with van der Waals surface area (Å²) in [6.45, 7) is 2.41. The SMILES string of the molecule is CCCCCCCCCOC(=O)C(CCS(C)=O)OC(=O)C(O)CCS(C)=O. The molecule has 0 saturated heterocycles. The van der Waals surface area contributed by atoms with E-state index >= 15 is 0 Å². The fraction of sp³-hybridized carbons (Fsp3) is 0.895. The van der Waals surface area contributed by atoms with Gasteiger partial charge < -0.3 is 14.6 Å². The van der Waals surface area contributed by atoms with Gasteiger partial charge in [-0.25, -0.2) is 9.59 Å². The zero-order valence-corrected chi connectivity index (χ0v) is 19.0. The molecule has 0 radical (unpaired) electrons. The molecule has 0 aromatic rings. The maximum absolute atomic E-state index is 12.2. The van der Waals surface area contributed by atoms with Crippen LogP contribution in [-0.4, -0.2) is 68.3 Å². The average Bonchev–Trinajstić information content (AvgIpc) is 2.64. The van der Waals surface area contributed by atoms with Crippen molar-refractivity contribution in [2.75, 3.05) is 30.6 Å². The van der Waals surface area contributed by atoms with E-state index in [1.807, 2.05) is 0 Å². The Kier molecular flexibility index (Phi) is 16.6. The standard InChI is InChI=1S/C19H36O7S2/c1-4-5-6-7-8-9-10-13-25-19(22)17(12-15-28(3)24)26-18(21)16(20)11-14-27(2)23/h16-17,20H,4-15H2,1-3H3. The fourth-order valence-electron chi connectivity index (χ4n) is 2.44. The van der Waals surface area contributed by atoms with Crippen molar-refractivity contribution in [3.8, 4) is 0 Å². The molecule has 0 aromatic carbocycles. The van der Waals surface area contributed by atoms with Crippen LogP contribution in [0.5, 0.6) is 0 Å². The third kappa shape index (κ3) is 15.2. The van der Waals surface area contributed by atoms with Crippen molar-refractivity contribution in [2.24, 2.45) is 0 Å². The van der Waals surface area contributed by atoms with E-state index in [1.54, 1.807) is 0 Å². The summed E-state index contributed by atoms with van der Waals surface area (Å²) in [6, 6.07) is 0. The number of carbonyl (C=O) groups excluding carboxylic acids is 2. The first-order valence-corrected chi connectivity index (χ1v) is 13.4. The van der Waals surface area contributed by atoms with Crippen LogP contribution in [0.25, 0.3) is 0 Å². The number of carbonyl (C=O) groups is 2. The number of aliphatic hydroxyl groups excluding tert-OH is 1. The summed E-state index contributed by atoms with van der Waals surface area (Å²) in [5.41, 5.74) is 0. The van der Waals surface area contributed by atoms with Crippen LogP contribution < -0.4 is 0 Å². The van der Waals surface area contributed by atoms with Gasteiger partial charge in [-0.3, -0.25) is 8.42 Å². The number of hydrogen-bond acceptors (Lipinski definition) is 7. The number of rotatable bonds is 17. The van der Waals surface area contributed by atoms with Crippen LogP contribution in [0.3, 0.4) is 0 Å². The van der Waals surface area contributed by atoms with Crippen molar-refractivity contribution < 1.29 is 32.6 Å². The molecule has 0 amide bonds. The molecule has 28 heavy (non-hydrogen) atoms. The van der Waals surface area contributed by atoms with E-state index in [0.29, 0.717) is 0 Å². The van der Waals surface area contributed by atoms with Gasteiger partial charge in [0, 0.05) is 52.0 Å². The molecule has 0 heterocycles. The maximum atomic E-state index is 12.2. The first-order chi connectivity index (χ1) is 13.3. The summed E-state index contributed by atoms with van der Waals surface area (Å²) >= 11 is 0. The predicted octanol–water partition coefficient (Wildman–Crippen LogP) is 2.09. The van der Waals surface area contributed by atoms with Crippen molar-refractivity contribution in [1.29, 1.82) is 0 Å². The normalized spacial score (nSPS) is 15.4. The minimum absolute atomic E-state index is 0.0124. The summed E-state index contributed by atoms with van der Waals surface area (Å²) in [5.74, 6) is -1.30. The molecule has 0 aliphatic heterocycles. The Morgan fingerprint density at radius 3 is 1.96 bits per heavy atom. The number of unbranched alkanes of at least 4 members (excludes halogenated alkanes) is 6. The number of hydrogen-bond donors (Lipinski definition) is 1. The van der Waals surface area contributed by atoms with Gasteiger partial charge in [-0.15, -0.1) is 0 Å². The molecule has 0 spiro atoms. The highest BCUT2D eigenvalue weighted by Crippen LogP contribution is 2.10. The largest absolute Gasteiger partial charge is 0.463 e. The predicted molar refractivity (Wildman–Crippen MR) is 112 cm³/mol. The number of ether oxygens (including phenoxy) is 2. The van der Waals surface area contributed by atoms with E-state index < -0.39 is 45.7 Å². The van der Waals surface area contributed by atoms with Crippen LogP contribution in [0.2, 0.25) is 0 Å². The average molecular weight is 441 g/mol. The molecule has 4 atom stereocenters. The molecule has 0 bridgehead atoms. The van der Waals surface area contributed by atoms with E-state index in [9.17, 15) is 23.1 Å². The second-order valence-corrected chi connectivity index (χ2v) is 9.97. The lowest BCUT2D eigenvalue weighted by atomic mass is 10.1. The molecular weight excluding hydrogens is 404 g/mol. The fourth-order valence-corrected chi connectivity index (χ4v) is 3.54. The van der Waals surface area contributed by atoms with Gasteiger partial charge >= 0.3 is 11.9 Å². The molecule has 0 saturated carbocycles. The van der Waals surface area contributed by atoms with Gasteiger partial charge in [0.15, 0.2) is 12.2 Å². The second kappa shape index (κ2) is 17.1. The van der Waals surface area contributed by atoms with Crippen LogP contribution in [0.15, 0.2) is 0 Å². The van der Waals surface area contributed by atoms with Gasteiger partial charge in [0.2, 0.25) is 0 Å². The van der Waals surface area contributed by atoms with Gasteiger partial charge in [-0.05, 0) is 12.8 Å². The summed E-state index contributed by atoms with van der Waals surface area (Å²) in [6.07, 6.45) is 8.00. The molecule has 4 unspecified atom stereocenters. The van der Waals surface area contributed by atoms with Crippen molar-refractivity contribution in [1.82, 2.24) is 0 Å². The third-order valence-corrected chi connectivity index (χ3v) is 5.75. The first kappa shape index (κ1) is 27.2. The first-order valence-electron chi connectivity index (χ1n) is 9.93. The van der Waals surface area contributed by atoms with E-state index in [2.05, 4.69) is 6.92 Å². The van der Waals surface area contributed by atoms with E-state index in [-0.39, 0.29) is 31.0 Å². The van der Waals surface area contributed by atoms with Crippen LogP contribution in [-0.2, 0) is 40.7 Å².